The van der Waals surface area contributed by atoms with Gasteiger partial charge in [-0.25, -0.2) is 4.79 Å². The Kier molecular flexibility index (Phi) is 5.84. The minimum Gasteiger partial charge on any atom is -0.452 e. The number of amides is 3. The van der Waals surface area contributed by atoms with Crippen molar-refractivity contribution in [1.82, 2.24) is 4.90 Å². The highest BCUT2D eigenvalue weighted by atomic mass is 16.5. The molecule has 1 aliphatic heterocycles. The Labute approximate surface area is 180 Å². The summed E-state index contributed by atoms with van der Waals surface area (Å²) in [5, 5.41) is 0. The second-order valence-electron chi connectivity index (χ2n) is 7.90. The van der Waals surface area contributed by atoms with Crippen LogP contribution in [-0.4, -0.2) is 48.3 Å². The van der Waals surface area contributed by atoms with E-state index in [-0.39, 0.29) is 28.6 Å². The number of benzene rings is 2. The average molecular weight is 420 g/mol. The quantitative estimate of drug-likeness (QED) is 0.547. The van der Waals surface area contributed by atoms with E-state index in [0.717, 1.165) is 42.7 Å². The molecular formula is C24H24N2O5. The number of para-hydroxylation sites is 1. The van der Waals surface area contributed by atoms with Gasteiger partial charge in [-0.15, -0.1) is 0 Å². The summed E-state index contributed by atoms with van der Waals surface area (Å²) in [5.74, 6) is -1.85. The van der Waals surface area contributed by atoms with Gasteiger partial charge in [-0.3, -0.25) is 19.3 Å². The third-order valence-electron chi connectivity index (χ3n) is 5.89. The average Bonchev–Trinajstić information content (AvgIpc) is 3.02. The van der Waals surface area contributed by atoms with Crippen molar-refractivity contribution < 1.29 is 23.9 Å². The Hall–Kier alpha value is -3.48. The van der Waals surface area contributed by atoms with Gasteiger partial charge in [0.2, 0.25) is 0 Å². The minimum absolute atomic E-state index is 0.0847. The van der Waals surface area contributed by atoms with Crippen molar-refractivity contribution in [3.05, 3.63) is 65.2 Å². The Bertz CT molecular complexity index is 1030. The van der Waals surface area contributed by atoms with E-state index in [1.54, 1.807) is 4.90 Å². The van der Waals surface area contributed by atoms with Gasteiger partial charge in [0, 0.05) is 18.8 Å². The molecule has 1 aliphatic carbocycles. The van der Waals surface area contributed by atoms with Crippen molar-refractivity contribution in [3.63, 3.8) is 0 Å². The van der Waals surface area contributed by atoms with Gasteiger partial charge in [-0.05, 0) is 43.2 Å². The smallest absolute Gasteiger partial charge is 0.338 e. The predicted molar refractivity (Wildman–Crippen MR) is 114 cm³/mol. The first-order chi connectivity index (χ1) is 15.0. The number of rotatable bonds is 5. The van der Waals surface area contributed by atoms with Crippen molar-refractivity contribution in [3.8, 4) is 0 Å². The number of nitrogens with zero attached hydrogens (tertiary/aromatic N) is 2. The molecule has 160 valence electrons. The number of fused-ring (bicyclic) bond motifs is 1. The maximum Gasteiger partial charge on any atom is 0.338 e. The van der Waals surface area contributed by atoms with Gasteiger partial charge >= 0.3 is 5.97 Å². The van der Waals surface area contributed by atoms with Crippen LogP contribution in [0.1, 0.15) is 63.2 Å². The lowest BCUT2D eigenvalue weighted by atomic mass is 9.93. The highest BCUT2D eigenvalue weighted by Gasteiger charge is 2.33. The van der Waals surface area contributed by atoms with Crippen LogP contribution in [-0.2, 0) is 9.53 Å². The maximum absolute atomic E-state index is 13.0. The van der Waals surface area contributed by atoms with Gasteiger partial charge in [0.1, 0.15) is 0 Å². The number of anilines is 1. The van der Waals surface area contributed by atoms with Crippen LogP contribution < -0.4 is 4.90 Å². The second kappa shape index (κ2) is 8.71. The standard InChI is InChI=1S/C24H24N2O5/c1-25-22(28)19-13-12-16(14-20(19)23(25)29)24(30)31-15-21(27)26(17-8-4-2-5-9-17)18-10-6-3-7-11-18/h2,4-5,8-9,12-14,18H,3,6-7,10-11,15H2,1H3. The number of hydrogen-bond acceptors (Lipinski definition) is 5. The molecule has 0 unspecified atom stereocenters. The molecule has 2 aliphatic rings. The summed E-state index contributed by atoms with van der Waals surface area (Å²) in [6.07, 6.45) is 5.14. The molecule has 31 heavy (non-hydrogen) atoms. The lowest BCUT2D eigenvalue weighted by molar-refractivity contribution is -0.122. The van der Waals surface area contributed by atoms with Gasteiger partial charge in [-0.2, -0.15) is 0 Å². The van der Waals surface area contributed by atoms with Gasteiger partial charge in [0.15, 0.2) is 6.61 Å². The molecule has 7 nitrogen and oxygen atoms in total. The summed E-state index contributed by atoms with van der Waals surface area (Å²) in [5.41, 5.74) is 1.35. The fourth-order valence-corrected chi connectivity index (χ4v) is 4.25. The van der Waals surface area contributed by atoms with Crippen LogP contribution in [0.4, 0.5) is 5.69 Å². The van der Waals surface area contributed by atoms with Gasteiger partial charge in [0.25, 0.3) is 17.7 Å². The van der Waals surface area contributed by atoms with Crippen molar-refractivity contribution >= 4 is 29.4 Å². The van der Waals surface area contributed by atoms with E-state index < -0.39 is 24.4 Å². The second-order valence-corrected chi connectivity index (χ2v) is 7.90. The van der Waals surface area contributed by atoms with Gasteiger partial charge in [0.05, 0.1) is 16.7 Å². The van der Waals surface area contributed by atoms with E-state index in [9.17, 15) is 19.2 Å². The van der Waals surface area contributed by atoms with Crippen LogP contribution in [0, 0.1) is 0 Å². The molecule has 0 aromatic heterocycles. The van der Waals surface area contributed by atoms with E-state index in [1.807, 2.05) is 30.3 Å². The summed E-state index contributed by atoms with van der Waals surface area (Å²) in [6, 6.07) is 13.7. The van der Waals surface area contributed by atoms with Crippen LogP contribution >= 0.6 is 0 Å². The van der Waals surface area contributed by atoms with E-state index in [1.165, 1.54) is 25.2 Å². The largest absolute Gasteiger partial charge is 0.452 e. The molecule has 1 saturated carbocycles. The molecule has 0 N–H and O–H groups in total. The SMILES string of the molecule is CN1C(=O)c2ccc(C(=O)OCC(=O)N(c3ccccc3)C3CCCCC3)cc2C1=O. The molecule has 4 rings (SSSR count). The summed E-state index contributed by atoms with van der Waals surface area (Å²) < 4.78 is 5.29. The van der Waals surface area contributed by atoms with Crippen molar-refractivity contribution in [2.24, 2.45) is 0 Å². The summed E-state index contributed by atoms with van der Waals surface area (Å²) in [7, 11) is 1.39. The third kappa shape index (κ3) is 4.08. The molecule has 7 heteroatoms. The molecule has 3 amide bonds. The van der Waals surface area contributed by atoms with E-state index in [2.05, 4.69) is 0 Å². The van der Waals surface area contributed by atoms with Crippen molar-refractivity contribution in [2.45, 2.75) is 38.1 Å². The fourth-order valence-electron chi connectivity index (χ4n) is 4.25. The van der Waals surface area contributed by atoms with Gasteiger partial charge in [-0.1, -0.05) is 37.5 Å². The normalized spacial score (nSPS) is 16.2. The summed E-state index contributed by atoms with van der Waals surface area (Å²) >= 11 is 0. The first-order valence-corrected chi connectivity index (χ1v) is 10.5. The fraction of sp³-hybridized carbons (Fsp3) is 0.333. The van der Waals surface area contributed by atoms with Crippen LogP contribution in [0.3, 0.4) is 0 Å². The molecular weight excluding hydrogens is 396 g/mol. The zero-order valence-electron chi connectivity index (χ0n) is 17.4. The lowest BCUT2D eigenvalue weighted by Crippen LogP contribution is -2.43. The van der Waals surface area contributed by atoms with Crippen LogP contribution in [0.15, 0.2) is 48.5 Å². The van der Waals surface area contributed by atoms with Crippen molar-refractivity contribution in [2.75, 3.05) is 18.6 Å². The number of carbonyl (C=O) groups excluding carboxylic acids is 4. The Balaban J connectivity index is 1.47. The van der Waals surface area contributed by atoms with Crippen LogP contribution in [0.25, 0.3) is 0 Å². The zero-order valence-corrected chi connectivity index (χ0v) is 17.4. The number of carbonyl (C=O) groups is 4. The predicted octanol–water partition coefficient (Wildman–Crippen LogP) is 3.44. The molecule has 0 saturated heterocycles. The number of ether oxygens (including phenoxy) is 1. The molecule has 2 aromatic rings. The zero-order chi connectivity index (χ0) is 22.0. The highest BCUT2D eigenvalue weighted by Crippen LogP contribution is 2.28. The van der Waals surface area contributed by atoms with Crippen molar-refractivity contribution in [1.29, 1.82) is 0 Å². The van der Waals surface area contributed by atoms with Crippen LogP contribution in [0.5, 0.6) is 0 Å². The molecule has 2 aromatic carbocycles. The molecule has 0 radical (unpaired) electrons. The molecule has 1 fully saturated rings. The first-order valence-electron chi connectivity index (χ1n) is 10.5. The maximum atomic E-state index is 13.0. The van der Waals surface area contributed by atoms with E-state index in [4.69, 9.17) is 4.74 Å². The molecule has 0 spiro atoms. The summed E-state index contributed by atoms with van der Waals surface area (Å²) in [6.45, 7) is -0.395. The Morgan fingerprint density at radius 3 is 2.35 bits per heavy atom. The van der Waals surface area contributed by atoms with Gasteiger partial charge < -0.3 is 9.64 Å². The Morgan fingerprint density at radius 1 is 0.968 bits per heavy atom. The first kappa shape index (κ1) is 20.8. The third-order valence-corrected chi connectivity index (χ3v) is 5.89. The van der Waals surface area contributed by atoms with E-state index >= 15 is 0 Å². The Morgan fingerprint density at radius 2 is 1.65 bits per heavy atom. The number of esters is 1. The monoisotopic (exact) mass is 420 g/mol. The topological polar surface area (TPSA) is 84.0 Å². The minimum atomic E-state index is -0.706. The molecule has 1 heterocycles. The highest BCUT2D eigenvalue weighted by molar-refractivity contribution is 6.21. The number of hydrogen-bond donors (Lipinski definition) is 0. The summed E-state index contributed by atoms with van der Waals surface area (Å²) in [4.78, 5) is 52.5. The van der Waals surface area contributed by atoms with E-state index in [0.29, 0.717) is 0 Å². The van der Waals surface area contributed by atoms with Crippen LogP contribution in [0.2, 0.25) is 0 Å². The lowest BCUT2D eigenvalue weighted by Gasteiger charge is -2.34. The number of imide groups is 1. The molecule has 0 atom stereocenters. The molecule has 0 bridgehead atoms.